The molecule has 3 atom stereocenters. The fraction of sp³-hybridized carbons (Fsp3) is 0.909. The van der Waals surface area contributed by atoms with Crippen molar-refractivity contribution < 1.29 is 25.2 Å². The predicted molar refractivity (Wildman–Crippen MR) is 60.2 cm³/mol. The SMILES string of the molecule is O=C1[C@@H](O)[C@H](O)[C@@H](O)CN1CCCCCCO. The number of carbonyl (C=O) groups excluding carboxylic acids is 1. The molecule has 1 heterocycles. The van der Waals surface area contributed by atoms with E-state index in [4.69, 9.17) is 5.11 Å². The lowest BCUT2D eigenvalue weighted by Gasteiger charge is -2.36. The average molecular weight is 247 g/mol. The summed E-state index contributed by atoms with van der Waals surface area (Å²) in [5.41, 5.74) is 0. The summed E-state index contributed by atoms with van der Waals surface area (Å²) in [5.74, 6) is -0.523. The Hall–Kier alpha value is -0.690. The standard InChI is InChI=1S/C11H21NO5/c13-6-4-2-1-3-5-12-7-8(14)9(15)10(16)11(12)17/h8-10,13-16H,1-7H2/t8-,9+,10-/m0/s1. The highest BCUT2D eigenvalue weighted by Gasteiger charge is 2.39. The Kier molecular flexibility index (Phi) is 5.84. The zero-order valence-electron chi connectivity index (χ0n) is 9.83. The Labute approximate surface area is 100 Å². The zero-order chi connectivity index (χ0) is 12.8. The molecule has 0 unspecified atom stereocenters. The molecule has 0 saturated carbocycles. The first-order chi connectivity index (χ1) is 8.07. The molecule has 6 nitrogen and oxygen atoms in total. The molecular formula is C11H21NO5. The number of amides is 1. The molecule has 0 aromatic carbocycles. The molecule has 1 fully saturated rings. The second-order valence-electron chi connectivity index (χ2n) is 4.42. The van der Waals surface area contributed by atoms with E-state index in [0.717, 1.165) is 25.7 Å². The molecule has 1 aliphatic heterocycles. The van der Waals surface area contributed by atoms with Gasteiger partial charge in [-0.05, 0) is 12.8 Å². The molecule has 1 rings (SSSR count). The van der Waals surface area contributed by atoms with Gasteiger partial charge < -0.3 is 25.3 Å². The van der Waals surface area contributed by atoms with Gasteiger partial charge in [-0.25, -0.2) is 0 Å². The van der Waals surface area contributed by atoms with Crippen molar-refractivity contribution in [3.63, 3.8) is 0 Å². The van der Waals surface area contributed by atoms with Crippen molar-refractivity contribution in [1.29, 1.82) is 0 Å². The summed E-state index contributed by atoms with van der Waals surface area (Å²) in [5, 5.41) is 36.7. The molecule has 0 aromatic heterocycles. The number of unbranched alkanes of at least 4 members (excludes halogenated alkanes) is 3. The molecule has 1 saturated heterocycles. The van der Waals surface area contributed by atoms with Crippen molar-refractivity contribution in [2.75, 3.05) is 19.7 Å². The number of aliphatic hydroxyl groups excluding tert-OH is 4. The van der Waals surface area contributed by atoms with Crippen LogP contribution in [0, 0.1) is 0 Å². The number of hydrogen-bond acceptors (Lipinski definition) is 5. The van der Waals surface area contributed by atoms with Crippen LogP contribution in [0.2, 0.25) is 0 Å². The van der Waals surface area contributed by atoms with E-state index in [1.165, 1.54) is 4.90 Å². The van der Waals surface area contributed by atoms with Crippen LogP contribution < -0.4 is 0 Å². The van der Waals surface area contributed by atoms with Crippen LogP contribution in [0.25, 0.3) is 0 Å². The van der Waals surface area contributed by atoms with Crippen LogP contribution >= 0.6 is 0 Å². The van der Waals surface area contributed by atoms with Crippen LogP contribution in [0.4, 0.5) is 0 Å². The van der Waals surface area contributed by atoms with Crippen LogP contribution in [0.3, 0.4) is 0 Å². The van der Waals surface area contributed by atoms with Gasteiger partial charge in [-0.1, -0.05) is 12.8 Å². The molecule has 6 heteroatoms. The van der Waals surface area contributed by atoms with E-state index >= 15 is 0 Å². The van der Waals surface area contributed by atoms with E-state index in [1.807, 2.05) is 0 Å². The zero-order valence-corrected chi connectivity index (χ0v) is 9.83. The van der Waals surface area contributed by atoms with E-state index < -0.39 is 24.2 Å². The summed E-state index contributed by atoms with van der Waals surface area (Å²) in [4.78, 5) is 12.9. The molecule has 1 aliphatic rings. The molecule has 1 amide bonds. The minimum Gasteiger partial charge on any atom is -0.396 e. The maximum absolute atomic E-state index is 11.6. The lowest BCUT2D eigenvalue weighted by molar-refractivity contribution is -0.165. The highest BCUT2D eigenvalue weighted by Crippen LogP contribution is 2.14. The summed E-state index contributed by atoms with van der Waals surface area (Å²) < 4.78 is 0. The van der Waals surface area contributed by atoms with E-state index in [0.29, 0.717) is 6.54 Å². The molecule has 100 valence electrons. The Bertz CT molecular complexity index is 248. The smallest absolute Gasteiger partial charge is 0.254 e. The normalized spacial score (nSPS) is 29.8. The number of hydrogen-bond donors (Lipinski definition) is 4. The van der Waals surface area contributed by atoms with Crippen molar-refractivity contribution in [2.24, 2.45) is 0 Å². The lowest BCUT2D eigenvalue weighted by Crippen LogP contribution is -2.58. The van der Waals surface area contributed by atoms with Crippen molar-refractivity contribution in [3.8, 4) is 0 Å². The first kappa shape index (κ1) is 14.4. The van der Waals surface area contributed by atoms with Gasteiger partial charge in [0.2, 0.25) is 0 Å². The average Bonchev–Trinajstić information content (AvgIpc) is 2.32. The fourth-order valence-corrected chi connectivity index (χ4v) is 1.94. The number of carbonyl (C=O) groups is 1. The van der Waals surface area contributed by atoms with E-state index in [9.17, 15) is 20.1 Å². The maximum Gasteiger partial charge on any atom is 0.254 e. The number of rotatable bonds is 6. The third-order valence-corrected chi connectivity index (χ3v) is 3.03. The van der Waals surface area contributed by atoms with Crippen molar-refractivity contribution in [3.05, 3.63) is 0 Å². The summed E-state index contributed by atoms with van der Waals surface area (Å²) in [6.07, 6.45) is -0.686. The fourth-order valence-electron chi connectivity index (χ4n) is 1.94. The molecule has 4 N–H and O–H groups in total. The van der Waals surface area contributed by atoms with Crippen LogP contribution in [0.5, 0.6) is 0 Å². The minimum atomic E-state index is -1.52. The molecule has 17 heavy (non-hydrogen) atoms. The van der Waals surface area contributed by atoms with Gasteiger partial charge in [0, 0.05) is 19.7 Å². The van der Waals surface area contributed by atoms with Crippen molar-refractivity contribution in [2.45, 2.75) is 44.0 Å². The number of aliphatic hydroxyl groups is 4. The van der Waals surface area contributed by atoms with Crippen LogP contribution in [0.15, 0.2) is 0 Å². The molecule has 0 spiro atoms. The number of likely N-dealkylation sites (tertiary alicyclic amines) is 1. The number of nitrogens with zero attached hydrogens (tertiary/aromatic N) is 1. The van der Waals surface area contributed by atoms with E-state index in [-0.39, 0.29) is 13.2 Å². The first-order valence-electron chi connectivity index (χ1n) is 6.01. The van der Waals surface area contributed by atoms with Crippen molar-refractivity contribution in [1.82, 2.24) is 4.90 Å². The Morgan fingerprint density at radius 2 is 1.76 bits per heavy atom. The Morgan fingerprint density at radius 3 is 2.41 bits per heavy atom. The maximum atomic E-state index is 11.6. The predicted octanol–water partition coefficient (Wildman–Crippen LogP) is -1.54. The van der Waals surface area contributed by atoms with E-state index in [2.05, 4.69) is 0 Å². The van der Waals surface area contributed by atoms with Gasteiger partial charge in [-0.2, -0.15) is 0 Å². The largest absolute Gasteiger partial charge is 0.396 e. The highest BCUT2D eigenvalue weighted by atomic mass is 16.4. The topological polar surface area (TPSA) is 101 Å². The third kappa shape index (κ3) is 3.92. The lowest BCUT2D eigenvalue weighted by atomic mass is 10.0. The number of piperidine rings is 1. The molecule has 0 bridgehead atoms. The molecular weight excluding hydrogens is 226 g/mol. The quantitative estimate of drug-likeness (QED) is 0.426. The van der Waals surface area contributed by atoms with Gasteiger partial charge >= 0.3 is 0 Å². The summed E-state index contributed by atoms with van der Waals surface area (Å²) >= 11 is 0. The van der Waals surface area contributed by atoms with E-state index in [1.54, 1.807) is 0 Å². The highest BCUT2D eigenvalue weighted by molar-refractivity contribution is 5.82. The van der Waals surface area contributed by atoms with Gasteiger partial charge in [-0.15, -0.1) is 0 Å². The second-order valence-corrected chi connectivity index (χ2v) is 4.42. The number of β-amino-alcohol motifs (C(OH)–C–C–N with tert-alkyl or cyclic N) is 1. The first-order valence-corrected chi connectivity index (χ1v) is 6.01. The van der Waals surface area contributed by atoms with Gasteiger partial charge in [0.15, 0.2) is 6.10 Å². The monoisotopic (exact) mass is 247 g/mol. The molecule has 0 radical (unpaired) electrons. The van der Waals surface area contributed by atoms with Crippen LogP contribution in [0.1, 0.15) is 25.7 Å². The van der Waals surface area contributed by atoms with Crippen LogP contribution in [-0.2, 0) is 4.79 Å². The van der Waals surface area contributed by atoms with Crippen LogP contribution in [-0.4, -0.2) is 69.2 Å². The van der Waals surface area contributed by atoms with Crippen molar-refractivity contribution >= 4 is 5.91 Å². The Morgan fingerprint density at radius 1 is 1.12 bits per heavy atom. The summed E-state index contributed by atoms with van der Waals surface area (Å²) in [6, 6.07) is 0. The minimum absolute atomic E-state index is 0.0665. The van der Waals surface area contributed by atoms with Gasteiger partial charge in [-0.3, -0.25) is 4.79 Å². The van der Waals surface area contributed by atoms with Gasteiger partial charge in [0.1, 0.15) is 12.2 Å². The van der Waals surface area contributed by atoms with Gasteiger partial charge in [0.05, 0.1) is 0 Å². The summed E-state index contributed by atoms with van der Waals surface area (Å²) in [6.45, 7) is 0.703. The third-order valence-electron chi connectivity index (χ3n) is 3.03. The second kappa shape index (κ2) is 6.90. The summed E-state index contributed by atoms with van der Waals surface area (Å²) in [7, 11) is 0. The van der Waals surface area contributed by atoms with Gasteiger partial charge in [0.25, 0.3) is 5.91 Å². The molecule has 0 aromatic rings. The molecule has 0 aliphatic carbocycles. The Balaban J connectivity index is 2.30.